The number of cyclic esters (lactones) is 1. The number of carbonyl (C=O) groups is 1. The van der Waals surface area contributed by atoms with Crippen LogP contribution in [0.2, 0.25) is 0 Å². The summed E-state index contributed by atoms with van der Waals surface area (Å²) in [5, 5.41) is 42.0. The second-order valence-electron chi connectivity index (χ2n) is 16.5. The normalized spacial score (nSPS) is 51.4. The first-order valence-corrected chi connectivity index (χ1v) is 18.8. The first kappa shape index (κ1) is 41.8. The van der Waals surface area contributed by atoms with E-state index in [0.717, 1.165) is 6.42 Å². The number of epoxide rings is 1. The van der Waals surface area contributed by atoms with Crippen LogP contribution in [0.3, 0.4) is 0 Å². The molecule has 0 radical (unpaired) electrons. The maximum Gasteiger partial charge on any atom is 0.311 e. The van der Waals surface area contributed by atoms with E-state index >= 15 is 0 Å². The third-order valence-electron chi connectivity index (χ3n) is 12.5. The number of hydrogen-bond donors (Lipinski definition) is 5. The Morgan fingerprint density at radius 1 is 1.02 bits per heavy atom. The number of ether oxygens (including phenoxy) is 7. The van der Waals surface area contributed by atoms with Crippen LogP contribution in [0.25, 0.3) is 0 Å². The van der Waals surface area contributed by atoms with Crippen molar-refractivity contribution in [2.75, 3.05) is 33.9 Å². The van der Waals surface area contributed by atoms with E-state index in [-0.39, 0.29) is 30.4 Å². The molecule has 4 heterocycles. The van der Waals surface area contributed by atoms with Crippen LogP contribution < -0.4 is 10.6 Å². The van der Waals surface area contributed by atoms with Gasteiger partial charge in [0.15, 0.2) is 12.6 Å². The van der Waals surface area contributed by atoms with Crippen molar-refractivity contribution in [1.29, 1.82) is 0 Å². The number of esters is 1. The summed E-state index contributed by atoms with van der Waals surface area (Å²) in [6.07, 6.45) is -3.97. The Labute approximate surface area is 299 Å². The molecule has 0 amide bonds. The number of nitrogens with one attached hydrogen (secondary N) is 2. The van der Waals surface area contributed by atoms with Crippen LogP contribution in [-0.2, 0) is 38.0 Å². The molecule has 0 aliphatic carbocycles. The summed E-state index contributed by atoms with van der Waals surface area (Å²) in [6.45, 7) is 20.0. The minimum Gasteiger partial charge on any atom is -0.459 e. The van der Waals surface area contributed by atoms with E-state index in [9.17, 15) is 20.1 Å². The van der Waals surface area contributed by atoms with Gasteiger partial charge < -0.3 is 59.1 Å². The van der Waals surface area contributed by atoms with Gasteiger partial charge in [0, 0.05) is 37.5 Å². The molecular formula is C37H68N2O11. The van der Waals surface area contributed by atoms with Gasteiger partial charge >= 0.3 is 5.97 Å². The first-order chi connectivity index (χ1) is 23.3. The maximum absolute atomic E-state index is 14.2. The predicted octanol–water partition coefficient (Wildman–Crippen LogP) is 2.51. The van der Waals surface area contributed by atoms with Crippen molar-refractivity contribution in [3.63, 3.8) is 0 Å². The second kappa shape index (κ2) is 16.2. The number of methoxy groups -OCH3 is 1. The Kier molecular flexibility index (Phi) is 13.5. The predicted molar refractivity (Wildman–Crippen MR) is 186 cm³/mol. The van der Waals surface area contributed by atoms with Crippen molar-refractivity contribution >= 4 is 5.97 Å². The van der Waals surface area contributed by atoms with Crippen molar-refractivity contribution in [3.05, 3.63) is 0 Å². The zero-order chi connectivity index (χ0) is 37.4. The molecule has 13 nitrogen and oxygen atoms in total. The molecule has 4 aliphatic heterocycles. The molecule has 50 heavy (non-hydrogen) atoms. The Morgan fingerprint density at radius 2 is 1.68 bits per heavy atom. The molecule has 1 spiro atoms. The van der Waals surface area contributed by atoms with Crippen LogP contribution in [0, 0.1) is 23.7 Å². The Balaban J connectivity index is 1.77. The quantitative estimate of drug-likeness (QED) is 0.193. The lowest BCUT2D eigenvalue weighted by Gasteiger charge is -2.48. The highest BCUT2D eigenvalue weighted by molar-refractivity contribution is 5.73. The van der Waals surface area contributed by atoms with Crippen molar-refractivity contribution in [3.8, 4) is 0 Å². The van der Waals surface area contributed by atoms with Gasteiger partial charge in [-0.15, -0.1) is 0 Å². The lowest BCUT2D eigenvalue weighted by Crippen LogP contribution is -2.61. The highest BCUT2D eigenvalue weighted by Gasteiger charge is 2.67. The summed E-state index contributed by atoms with van der Waals surface area (Å²) in [4.78, 5) is 14.2. The molecule has 4 rings (SSSR count). The van der Waals surface area contributed by atoms with Gasteiger partial charge in [-0.3, -0.25) is 4.79 Å². The molecule has 13 heteroatoms. The summed E-state index contributed by atoms with van der Waals surface area (Å²) in [7, 11) is 3.57. The van der Waals surface area contributed by atoms with Gasteiger partial charge in [0.05, 0.1) is 43.0 Å². The van der Waals surface area contributed by atoms with Gasteiger partial charge in [-0.2, -0.15) is 0 Å². The molecule has 17 atom stereocenters. The molecule has 5 N–H and O–H groups in total. The minimum absolute atomic E-state index is 0.0243. The second-order valence-corrected chi connectivity index (χ2v) is 16.5. The molecule has 0 saturated carbocycles. The highest BCUT2D eigenvalue weighted by Crippen LogP contribution is 2.51. The van der Waals surface area contributed by atoms with Crippen molar-refractivity contribution in [1.82, 2.24) is 10.6 Å². The minimum atomic E-state index is -1.75. The average Bonchev–Trinajstić information content (AvgIpc) is 3.88. The zero-order valence-corrected chi connectivity index (χ0v) is 32.6. The van der Waals surface area contributed by atoms with Crippen molar-refractivity contribution < 1.29 is 53.3 Å². The van der Waals surface area contributed by atoms with E-state index in [2.05, 4.69) is 17.6 Å². The average molecular weight is 717 g/mol. The summed E-state index contributed by atoms with van der Waals surface area (Å²) in [5.41, 5.74) is -4.46. The van der Waals surface area contributed by atoms with Gasteiger partial charge in [-0.05, 0) is 80.3 Å². The van der Waals surface area contributed by atoms with Gasteiger partial charge in [-0.1, -0.05) is 27.7 Å². The molecule has 4 saturated heterocycles. The molecule has 0 aromatic rings. The third-order valence-corrected chi connectivity index (χ3v) is 12.5. The van der Waals surface area contributed by atoms with E-state index in [1.54, 1.807) is 34.8 Å². The molecule has 0 bridgehead atoms. The zero-order valence-electron chi connectivity index (χ0n) is 32.6. The molecule has 4 fully saturated rings. The van der Waals surface area contributed by atoms with Crippen LogP contribution in [0.5, 0.6) is 0 Å². The lowest BCUT2D eigenvalue weighted by molar-refractivity contribution is -0.303. The van der Waals surface area contributed by atoms with E-state index in [1.807, 2.05) is 34.7 Å². The third kappa shape index (κ3) is 8.38. The van der Waals surface area contributed by atoms with Gasteiger partial charge in [0.25, 0.3) is 0 Å². The number of rotatable bonds is 7. The number of aliphatic hydroxyl groups excluding tert-OH is 1. The van der Waals surface area contributed by atoms with Gasteiger partial charge in [-0.25, -0.2) is 0 Å². The van der Waals surface area contributed by atoms with Crippen LogP contribution in [0.4, 0.5) is 0 Å². The number of carbonyl (C=O) groups excluding carboxylic acids is 1. The largest absolute Gasteiger partial charge is 0.459 e. The van der Waals surface area contributed by atoms with Gasteiger partial charge in [0.1, 0.15) is 29.0 Å². The Hall–Kier alpha value is -0.970. The van der Waals surface area contributed by atoms with E-state index in [0.29, 0.717) is 32.6 Å². The summed E-state index contributed by atoms with van der Waals surface area (Å²) in [5.74, 6) is -2.19. The maximum atomic E-state index is 14.2. The van der Waals surface area contributed by atoms with Crippen LogP contribution >= 0.6 is 0 Å². The topological polar surface area (TPSA) is 170 Å². The first-order valence-electron chi connectivity index (χ1n) is 18.8. The molecule has 0 aromatic heterocycles. The Morgan fingerprint density at radius 3 is 2.26 bits per heavy atom. The molecule has 4 aliphatic rings. The van der Waals surface area contributed by atoms with Crippen LogP contribution in [-0.4, -0.2) is 133 Å². The SMILES string of the molecule is CC[C@H]1OC(=O)[C@H](C)[C@@H](O[C@H]2C[C@@](C)(OC)[C@]3(CO3)[C@H](C)O2)[C@H](C)[C@@H](O[C@@H]2OCC[C@H](NC)[C@H]2C)[C@](C)(O)C[C@@H](C)CN[C@H](C)[C@@H](O)[C@]1(C)O. The number of hydrogen-bond acceptors (Lipinski definition) is 13. The highest BCUT2D eigenvalue weighted by atomic mass is 16.7. The standard InChI is InChI=1S/C37H68N2O11/c1-13-27-36(10,43)30(40)24(6)39-18-20(2)16-34(8,42)31(50-33-21(3)26(38-11)14-15-45-33)22(4)29(23(5)32(41)48-27)49-28-17-35(9,44-12)37(19-46-37)25(7)47-28/h20-31,33,38-40,42-43H,13-19H2,1-12H3/t20-,21-,22+,23-,24-,25+,26+,27-,28+,29+,30-,31-,33+,34-,35-,36-,37+/m1/s1. The fourth-order valence-electron chi connectivity index (χ4n) is 8.86. The fraction of sp³-hybridized carbons (Fsp3) is 0.973. The molecular weight excluding hydrogens is 648 g/mol. The monoisotopic (exact) mass is 716 g/mol. The van der Waals surface area contributed by atoms with E-state index < -0.39 is 83.2 Å². The number of aliphatic hydroxyl groups is 3. The summed E-state index contributed by atoms with van der Waals surface area (Å²) in [6, 6.07) is -0.378. The summed E-state index contributed by atoms with van der Waals surface area (Å²) < 4.78 is 44.3. The fourth-order valence-corrected chi connectivity index (χ4v) is 8.86. The summed E-state index contributed by atoms with van der Waals surface area (Å²) >= 11 is 0. The smallest absolute Gasteiger partial charge is 0.311 e. The lowest BCUT2D eigenvalue weighted by atomic mass is 9.77. The van der Waals surface area contributed by atoms with Crippen LogP contribution in [0.15, 0.2) is 0 Å². The van der Waals surface area contributed by atoms with Crippen molar-refractivity contribution in [2.24, 2.45) is 23.7 Å². The van der Waals surface area contributed by atoms with Gasteiger partial charge in [0.2, 0.25) is 0 Å². The van der Waals surface area contributed by atoms with Crippen LogP contribution in [0.1, 0.15) is 94.9 Å². The molecule has 0 unspecified atom stereocenters. The Bertz CT molecular complexity index is 1120. The van der Waals surface area contributed by atoms with E-state index in [4.69, 9.17) is 33.2 Å². The molecule has 292 valence electrons. The molecule has 0 aromatic carbocycles. The van der Waals surface area contributed by atoms with E-state index in [1.165, 1.54) is 6.92 Å². The van der Waals surface area contributed by atoms with Crippen molar-refractivity contribution in [2.45, 2.75) is 173 Å².